The summed E-state index contributed by atoms with van der Waals surface area (Å²) in [6.07, 6.45) is -0.541. The summed E-state index contributed by atoms with van der Waals surface area (Å²) < 4.78 is 4.87. The first-order valence-electron chi connectivity index (χ1n) is 5.45. The van der Waals surface area contributed by atoms with Crippen molar-refractivity contribution in [2.75, 3.05) is 0 Å². The average Bonchev–Trinajstić information content (AvgIpc) is 2.30. The van der Waals surface area contributed by atoms with Crippen LogP contribution in [0.2, 0.25) is 0 Å². The lowest BCUT2D eigenvalue weighted by atomic mass is 10.3. The molecule has 18 heavy (non-hydrogen) atoms. The molecule has 2 N–H and O–H groups in total. The van der Waals surface area contributed by atoms with Crippen LogP contribution in [0.5, 0.6) is 5.75 Å². The highest BCUT2D eigenvalue weighted by atomic mass is 16.6. The number of rotatable bonds is 3. The number of benzene rings is 1. The number of para-hydroxylation sites is 1. The van der Waals surface area contributed by atoms with Gasteiger partial charge in [-0.2, -0.15) is 4.90 Å². The Labute approximate surface area is 104 Å². The van der Waals surface area contributed by atoms with E-state index in [1.165, 1.54) is 12.1 Å². The maximum Gasteiger partial charge on any atom is 0.430 e. The number of urea groups is 1. The first-order chi connectivity index (χ1) is 8.56. The molecule has 0 saturated carbocycles. The smallest absolute Gasteiger partial charge is 0.410 e. The molecule has 0 saturated heterocycles. The molecule has 4 amide bonds. The number of ether oxygens (including phenoxy) is 1. The van der Waals surface area contributed by atoms with Crippen molar-refractivity contribution in [1.29, 1.82) is 0 Å². The lowest BCUT2D eigenvalue weighted by molar-refractivity contribution is -0.126. The number of hydrogen-bond acceptors (Lipinski definition) is 4. The molecular weight excluding hydrogens is 236 g/mol. The van der Waals surface area contributed by atoms with Crippen LogP contribution >= 0.6 is 0 Å². The van der Waals surface area contributed by atoms with Crippen LogP contribution in [0.3, 0.4) is 0 Å². The molecule has 0 aromatic heterocycles. The number of primary amides is 1. The van der Waals surface area contributed by atoms with Crippen molar-refractivity contribution in [3.05, 3.63) is 30.3 Å². The molecule has 0 aliphatic heterocycles. The third-order valence-electron chi connectivity index (χ3n) is 2.06. The summed E-state index contributed by atoms with van der Waals surface area (Å²) in [5.74, 6) is -0.441. The second-order valence-corrected chi connectivity index (χ2v) is 3.50. The predicted octanol–water partition coefficient (Wildman–Crippen LogP) is 1.89. The monoisotopic (exact) mass is 250 g/mol. The number of carbonyl (C=O) groups is 3. The number of nitrogens with two attached hydrogens (primary N) is 1. The van der Waals surface area contributed by atoms with Gasteiger partial charge in [0.15, 0.2) is 0 Å². The molecule has 0 spiro atoms. The highest BCUT2D eigenvalue weighted by Gasteiger charge is 2.27. The maximum atomic E-state index is 11.7. The van der Waals surface area contributed by atoms with Gasteiger partial charge in [0.1, 0.15) is 5.75 Å². The van der Waals surface area contributed by atoms with E-state index in [0.717, 1.165) is 0 Å². The first kappa shape index (κ1) is 13.7. The number of nitrogens with zero attached hydrogens (tertiary/aromatic N) is 1. The minimum Gasteiger partial charge on any atom is -0.410 e. The van der Waals surface area contributed by atoms with Gasteiger partial charge < -0.3 is 10.5 Å². The Morgan fingerprint density at radius 3 is 2.33 bits per heavy atom. The van der Waals surface area contributed by atoms with Gasteiger partial charge in [-0.25, -0.2) is 9.59 Å². The van der Waals surface area contributed by atoms with E-state index >= 15 is 0 Å². The summed E-state index contributed by atoms with van der Waals surface area (Å²) in [6, 6.07) is 6.97. The van der Waals surface area contributed by atoms with Crippen molar-refractivity contribution >= 4 is 18.0 Å². The molecule has 0 atom stereocenters. The van der Waals surface area contributed by atoms with Crippen LogP contribution < -0.4 is 10.5 Å². The molecule has 0 radical (unpaired) electrons. The van der Waals surface area contributed by atoms with E-state index < -0.39 is 18.0 Å². The van der Waals surface area contributed by atoms with Crippen molar-refractivity contribution in [3.63, 3.8) is 0 Å². The molecule has 0 bridgehead atoms. The van der Waals surface area contributed by atoms with Gasteiger partial charge in [-0.15, -0.1) is 0 Å². The fraction of sp³-hybridized carbons (Fsp3) is 0.250. The normalized spacial score (nSPS) is 9.61. The molecule has 6 heteroatoms. The maximum absolute atomic E-state index is 11.7. The van der Waals surface area contributed by atoms with Crippen LogP contribution in [0.15, 0.2) is 30.3 Å². The highest BCUT2D eigenvalue weighted by molar-refractivity contribution is 6.08. The molecule has 6 nitrogen and oxygen atoms in total. The van der Waals surface area contributed by atoms with Crippen molar-refractivity contribution in [2.24, 2.45) is 5.73 Å². The van der Waals surface area contributed by atoms with Crippen LogP contribution in [-0.2, 0) is 4.79 Å². The Kier molecular flexibility index (Phi) is 4.86. The van der Waals surface area contributed by atoms with E-state index in [2.05, 4.69) is 0 Å². The van der Waals surface area contributed by atoms with Crippen molar-refractivity contribution in [2.45, 2.75) is 19.8 Å². The van der Waals surface area contributed by atoms with Gasteiger partial charge >= 0.3 is 12.1 Å². The molecule has 1 aromatic rings. The fourth-order valence-corrected chi connectivity index (χ4v) is 1.28. The van der Waals surface area contributed by atoms with Crippen molar-refractivity contribution in [3.8, 4) is 5.75 Å². The zero-order valence-electron chi connectivity index (χ0n) is 9.96. The summed E-state index contributed by atoms with van der Waals surface area (Å²) in [4.78, 5) is 34.6. The fourth-order valence-electron chi connectivity index (χ4n) is 1.28. The molecular formula is C12H14N2O4. The van der Waals surface area contributed by atoms with E-state index in [0.29, 0.717) is 11.3 Å². The van der Waals surface area contributed by atoms with Gasteiger partial charge in [-0.05, 0) is 18.6 Å². The van der Waals surface area contributed by atoms with Crippen LogP contribution in [0.4, 0.5) is 9.59 Å². The molecule has 0 fully saturated rings. The Morgan fingerprint density at radius 2 is 1.83 bits per heavy atom. The van der Waals surface area contributed by atoms with Gasteiger partial charge in [0.05, 0.1) is 0 Å². The average molecular weight is 250 g/mol. The molecule has 0 unspecified atom stereocenters. The van der Waals surface area contributed by atoms with E-state index in [9.17, 15) is 14.4 Å². The quantitative estimate of drug-likeness (QED) is 0.886. The van der Waals surface area contributed by atoms with Crippen molar-refractivity contribution in [1.82, 2.24) is 4.90 Å². The number of amides is 4. The Morgan fingerprint density at radius 1 is 1.22 bits per heavy atom. The van der Waals surface area contributed by atoms with E-state index in [-0.39, 0.29) is 12.2 Å². The molecule has 0 aliphatic rings. The number of hydrogen-bond donors (Lipinski definition) is 1. The molecule has 0 heterocycles. The third kappa shape index (κ3) is 3.58. The SMILES string of the molecule is CCCC(=O)N(C(N)=O)C(=O)Oc1ccccc1. The molecule has 1 rings (SSSR count). The largest absolute Gasteiger partial charge is 0.430 e. The summed E-state index contributed by atoms with van der Waals surface area (Å²) in [5.41, 5.74) is 4.99. The molecule has 0 aliphatic carbocycles. The van der Waals surface area contributed by atoms with Crippen molar-refractivity contribution < 1.29 is 19.1 Å². The van der Waals surface area contributed by atoms with E-state index in [1.807, 2.05) is 0 Å². The third-order valence-corrected chi connectivity index (χ3v) is 2.06. The second kappa shape index (κ2) is 6.39. The standard InChI is InChI=1S/C12H14N2O4/c1-2-6-10(15)14(11(13)16)12(17)18-9-7-4-3-5-8-9/h3-5,7-8H,2,6H2,1H3,(H2,13,16). The topological polar surface area (TPSA) is 89.7 Å². The van der Waals surface area contributed by atoms with E-state index in [4.69, 9.17) is 10.5 Å². The number of carbonyl (C=O) groups excluding carboxylic acids is 3. The summed E-state index contributed by atoms with van der Waals surface area (Å²) in [7, 11) is 0. The van der Waals surface area contributed by atoms with Gasteiger partial charge in [-0.3, -0.25) is 4.79 Å². The van der Waals surface area contributed by atoms with Gasteiger partial charge in [-0.1, -0.05) is 25.1 Å². The lowest BCUT2D eigenvalue weighted by Crippen LogP contribution is -2.46. The molecule has 96 valence electrons. The number of imide groups is 3. The summed E-state index contributed by atoms with van der Waals surface area (Å²) >= 11 is 0. The van der Waals surface area contributed by atoms with Gasteiger partial charge in [0.2, 0.25) is 5.91 Å². The second-order valence-electron chi connectivity index (χ2n) is 3.50. The predicted molar refractivity (Wildman–Crippen MR) is 63.8 cm³/mol. The van der Waals surface area contributed by atoms with Gasteiger partial charge in [0.25, 0.3) is 0 Å². The van der Waals surface area contributed by atoms with Gasteiger partial charge in [0, 0.05) is 6.42 Å². The zero-order chi connectivity index (χ0) is 13.5. The van der Waals surface area contributed by atoms with Crippen LogP contribution in [-0.4, -0.2) is 22.9 Å². The Bertz CT molecular complexity index is 445. The Balaban J connectivity index is 2.78. The minimum absolute atomic E-state index is 0.0484. The first-order valence-corrected chi connectivity index (χ1v) is 5.45. The summed E-state index contributed by atoms with van der Waals surface area (Å²) in [5, 5.41) is 0. The zero-order valence-corrected chi connectivity index (χ0v) is 9.96. The van der Waals surface area contributed by atoms with E-state index in [1.54, 1.807) is 25.1 Å². The minimum atomic E-state index is -1.14. The Hall–Kier alpha value is -2.37. The summed E-state index contributed by atoms with van der Waals surface area (Å²) in [6.45, 7) is 1.75. The highest BCUT2D eigenvalue weighted by Crippen LogP contribution is 2.11. The molecule has 1 aromatic carbocycles. The van der Waals surface area contributed by atoms with Crippen LogP contribution in [0, 0.1) is 0 Å². The van der Waals surface area contributed by atoms with Crippen LogP contribution in [0.25, 0.3) is 0 Å². The van der Waals surface area contributed by atoms with Crippen LogP contribution in [0.1, 0.15) is 19.8 Å². The lowest BCUT2D eigenvalue weighted by Gasteiger charge is -2.15.